The summed E-state index contributed by atoms with van der Waals surface area (Å²) in [6.07, 6.45) is 1.34. The molecule has 5 heteroatoms. The second-order valence-electron chi connectivity index (χ2n) is 3.84. The first-order valence-electron chi connectivity index (χ1n) is 5.39. The maximum absolute atomic E-state index is 10.5. The summed E-state index contributed by atoms with van der Waals surface area (Å²) in [4.78, 5) is 14.6. The number of aldehydes is 1. The first-order chi connectivity index (χ1) is 8.38. The predicted molar refractivity (Wildman–Crippen MR) is 58.1 cm³/mol. The predicted octanol–water partition coefficient (Wildman–Crippen LogP) is 1.80. The van der Waals surface area contributed by atoms with Gasteiger partial charge in [0.05, 0.1) is 12.5 Å². The van der Waals surface area contributed by atoms with Crippen LogP contribution in [0.15, 0.2) is 28.8 Å². The largest absolute Gasteiger partial charge is 0.493 e. The number of nitrogens with zero attached hydrogens (tertiary/aromatic N) is 2. The van der Waals surface area contributed by atoms with Crippen LogP contribution in [0.3, 0.4) is 0 Å². The van der Waals surface area contributed by atoms with E-state index in [1.54, 1.807) is 0 Å². The topological polar surface area (TPSA) is 65.2 Å². The molecule has 0 bridgehead atoms. The molecule has 0 amide bonds. The molecule has 0 radical (unpaired) electrons. The van der Waals surface area contributed by atoms with E-state index in [2.05, 4.69) is 10.1 Å². The summed E-state index contributed by atoms with van der Waals surface area (Å²) in [5, 5.41) is 3.84. The first kappa shape index (κ1) is 10.0. The third-order valence-corrected chi connectivity index (χ3v) is 2.83. The van der Waals surface area contributed by atoms with Crippen molar-refractivity contribution in [1.82, 2.24) is 10.1 Å². The Hall–Kier alpha value is -2.17. The highest BCUT2D eigenvalue weighted by Crippen LogP contribution is 2.36. The Morgan fingerprint density at radius 2 is 2.24 bits per heavy atom. The van der Waals surface area contributed by atoms with Crippen molar-refractivity contribution < 1.29 is 14.1 Å². The van der Waals surface area contributed by atoms with E-state index in [9.17, 15) is 4.79 Å². The summed E-state index contributed by atoms with van der Waals surface area (Å²) in [5.74, 6) is 1.45. The van der Waals surface area contributed by atoms with Gasteiger partial charge in [-0.3, -0.25) is 4.79 Å². The maximum Gasteiger partial charge on any atom is 0.290 e. The van der Waals surface area contributed by atoms with Crippen molar-refractivity contribution in [3.8, 4) is 5.75 Å². The van der Waals surface area contributed by atoms with Gasteiger partial charge in [0.2, 0.25) is 6.29 Å². The third kappa shape index (κ3) is 1.69. The van der Waals surface area contributed by atoms with E-state index in [-0.39, 0.29) is 11.8 Å². The Morgan fingerprint density at radius 1 is 1.35 bits per heavy atom. The van der Waals surface area contributed by atoms with Crippen molar-refractivity contribution >= 4 is 6.29 Å². The molecule has 0 spiro atoms. The van der Waals surface area contributed by atoms with Gasteiger partial charge in [-0.15, -0.1) is 0 Å². The molecule has 0 fully saturated rings. The van der Waals surface area contributed by atoms with Gasteiger partial charge in [0.15, 0.2) is 5.82 Å². The molecule has 1 aliphatic rings. The molecule has 0 N–H and O–H groups in total. The van der Waals surface area contributed by atoms with Crippen molar-refractivity contribution in [2.24, 2.45) is 0 Å². The fourth-order valence-corrected chi connectivity index (χ4v) is 2.05. The maximum atomic E-state index is 10.5. The van der Waals surface area contributed by atoms with Gasteiger partial charge in [-0.05, 0) is 12.5 Å². The fourth-order valence-electron chi connectivity index (χ4n) is 2.05. The van der Waals surface area contributed by atoms with Crippen LogP contribution in [0.25, 0.3) is 0 Å². The van der Waals surface area contributed by atoms with E-state index < -0.39 is 0 Å². The fraction of sp³-hybridized carbons (Fsp3) is 0.250. The van der Waals surface area contributed by atoms with Crippen LogP contribution in [0.1, 0.15) is 34.4 Å². The third-order valence-electron chi connectivity index (χ3n) is 2.83. The molecule has 1 aromatic heterocycles. The number of para-hydroxylation sites is 1. The van der Waals surface area contributed by atoms with Gasteiger partial charge in [0, 0.05) is 5.56 Å². The van der Waals surface area contributed by atoms with Crippen molar-refractivity contribution in [2.75, 3.05) is 6.61 Å². The summed E-state index contributed by atoms with van der Waals surface area (Å²) < 4.78 is 10.4. The van der Waals surface area contributed by atoms with Crippen molar-refractivity contribution in [3.05, 3.63) is 41.5 Å². The minimum Gasteiger partial charge on any atom is -0.493 e. The second kappa shape index (κ2) is 4.01. The van der Waals surface area contributed by atoms with E-state index in [0.29, 0.717) is 18.7 Å². The van der Waals surface area contributed by atoms with Gasteiger partial charge in [-0.25, -0.2) is 0 Å². The highest BCUT2D eigenvalue weighted by atomic mass is 16.5. The molecule has 2 aromatic rings. The molecule has 1 atom stereocenters. The monoisotopic (exact) mass is 230 g/mol. The van der Waals surface area contributed by atoms with Gasteiger partial charge < -0.3 is 9.26 Å². The molecule has 5 nitrogen and oxygen atoms in total. The van der Waals surface area contributed by atoms with Crippen LogP contribution in [-0.4, -0.2) is 23.0 Å². The summed E-state index contributed by atoms with van der Waals surface area (Å²) in [7, 11) is 0. The zero-order valence-electron chi connectivity index (χ0n) is 9.00. The molecule has 2 heterocycles. The standard InChI is InChI=1S/C12H10N2O3/c15-7-11-13-12(14-17-11)9-5-6-16-10-4-2-1-3-8(9)10/h1-4,7,9H,5-6H2. The first-order valence-corrected chi connectivity index (χ1v) is 5.39. The van der Waals surface area contributed by atoms with Crippen molar-refractivity contribution in [3.63, 3.8) is 0 Å². The zero-order valence-corrected chi connectivity index (χ0v) is 9.00. The minimum absolute atomic E-state index is 0.0176. The van der Waals surface area contributed by atoms with Crippen LogP contribution in [-0.2, 0) is 0 Å². The highest BCUT2D eigenvalue weighted by molar-refractivity contribution is 5.67. The highest BCUT2D eigenvalue weighted by Gasteiger charge is 2.26. The van der Waals surface area contributed by atoms with Crippen molar-refractivity contribution in [1.29, 1.82) is 0 Å². The normalized spacial score (nSPS) is 18.2. The summed E-state index contributed by atoms with van der Waals surface area (Å²) in [6.45, 7) is 0.618. The number of ether oxygens (including phenoxy) is 1. The molecule has 0 saturated carbocycles. The van der Waals surface area contributed by atoms with Crippen LogP contribution in [0.2, 0.25) is 0 Å². The van der Waals surface area contributed by atoms with Gasteiger partial charge in [-0.2, -0.15) is 4.98 Å². The zero-order chi connectivity index (χ0) is 11.7. The van der Waals surface area contributed by atoms with Gasteiger partial charge in [0.1, 0.15) is 5.75 Å². The molecule has 86 valence electrons. The summed E-state index contributed by atoms with van der Waals surface area (Å²) in [5.41, 5.74) is 1.04. The molecule has 3 rings (SSSR count). The lowest BCUT2D eigenvalue weighted by atomic mass is 9.92. The Kier molecular flexibility index (Phi) is 2.36. The number of aromatic nitrogens is 2. The molecule has 0 aliphatic carbocycles. The molecule has 1 aliphatic heterocycles. The van der Waals surface area contributed by atoms with Gasteiger partial charge >= 0.3 is 0 Å². The van der Waals surface area contributed by atoms with E-state index in [4.69, 9.17) is 9.26 Å². The Balaban J connectivity index is 2.02. The molecule has 0 saturated heterocycles. The quantitative estimate of drug-likeness (QED) is 0.736. The molecular weight excluding hydrogens is 220 g/mol. The Labute approximate surface area is 97.4 Å². The van der Waals surface area contributed by atoms with Crippen LogP contribution in [0, 0.1) is 0 Å². The number of hydrogen-bond donors (Lipinski definition) is 0. The SMILES string of the molecule is O=Cc1nc(C2CCOc3ccccc32)no1. The summed E-state index contributed by atoms with van der Waals surface area (Å²) >= 11 is 0. The average molecular weight is 230 g/mol. The number of carbonyl (C=O) groups excluding carboxylic acids is 1. The van der Waals surface area contributed by atoms with Crippen LogP contribution >= 0.6 is 0 Å². The van der Waals surface area contributed by atoms with Gasteiger partial charge in [-0.1, -0.05) is 23.4 Å². The van der Waals surface area contributed by atoms with Crippen LogP contribution < -0.4 is 4.74 Å². The number of carbonyl (C=O) groups is 1. The van der Waals surface area contributed by atoms with Gasteiger partial charge in [0.25, 0.3) is 5.89 Å². The Morgan fingerprint density at radius 3 is 3.06 bits per heavy atom. The Bertz CT molecular complexity index is 550. The smallest absolute Gasteiger partial charge is 0.290 e. The lowest BCUT2D eigenvalue weighted by Crippen LogP contribution is -2.16. The van der Waals surface area contributed by atoms with E-state index >= 15 is 0 Å². The molecular formula is C12H10N2O3. The minimum atomic E-state index is 0.0176. The van der Waals surface area contributed by atoms with E-state index in [1.165, 1.54) is 0 Å². The molecule has 1 aromatic carbocycles. The van der Waals surface area contributed by atoms with E-state index in [1.807, 2.05) is 24.3 Å². The van der Waals surface area contributed by atoms with Crippen LogP contribution in [0.4, 0.5) is 0 Å². The van der Waals surface area contributed by atoms with Crippen LogP contribution in [0.5, 0.6) is 5.75 Å². The second-order valence-corrected chi connectivity index (χ2v) is 3.84. The molecule has 1 unspecified atom stereocenters. The lowest BCUT2D eigenvalue weighted by molar-refractivity contribution is 0.108. The summed E-state index contributed by atoms with van der Waals surface area (Å²) in [6, 6.07) is 7.77. The lowest BCUT2D eigenvalue weighted by Gasteiger charge is -2.23. The number of hydrogen-bond acceptors (Lipinski definition) is 5. The van der Waals surface area contributed by atoms with Crippen molar-refractivity contribution in [2.45, 2.75) is 12.3 Å². The van der Waals surface area contributed by atoms with E-state index in [0.717, 1.165) is 17.7 Å². The number of rotatable bonds is 2. The average Bonchev–Trinajstić information content (AvgIpc) is 2.87. The molecule has 17 heavy (non-hydrogen) atoms. The number of benzene rings is 1. The number of fused-ring (bicyclic) bond motifs is 1.